The second-order valence-electron chi connectivity index (χ2n) is 6.76. The summed E-state index contributed by atoms with van der Waals surface area (Å²) in [6.07, 6.45) is 4.71. The number of pyridine rings is 1. The number of hydrogen-bond donors (Lipinski definition) is 0. The second kappa shape index (κ2) is 6.67. The van der Waals surface area contributed by atoms with E-state index in [1.54, 1.807) is 17.1 Å². The maximum absolute atomic E-state index is 12.6. The average Bonchev–Trinajstić information content (AvgIpc) is 3.24. The van der Waals surface area contributed by atoms with Crippen LogP contribution in [0, 0.1) is 0 Å². The number of benzene rings is 1. The number of carbonyl (C=O) groups excluding carboxylic acids is 1. The highest BCUT2D eigenvalue weighted by molar-refractivity contribution is 5.79. The molecule has 1 aliphatic rings. The monoisotopic (exact) mass is 348 g/mol. The SMILES string of the molecule is CC1(c2nnnn2Cc2ccccc2)CCC(=O)N1Cc1cccnc1. The van der Waals surface area contributed by atoms with Gasteiger partial charge in [-0.1, -0.05) is 36.4 Å². The van der Waals surface area contributed by atoms with Crippen molar-refractivity contribution in [2.75, 3.05) is 0 Å². The van der Waals surface area contributed by atoms with Crippen LogP contribution in [0.1, 0.15) is 36.7 Å². The Morgan fingerprint density at radius 3 is 2.65 bits per heavy atom. The topological polar surface area (TPSA) is 76.8 Å². The van der Waals surface area contributed by atoms with Crippen LogP contribution < -0.4 is 0 Å². The number of rotatable bonds is 5. The minimum Gasteiger partial charge on any atom is -0.326 e. The molecular weight excluding hydrogens is 328 g/mol. The fourth-order valence-corrected chi connectivity index (χ4v) is 3.52. The molecule has 0 N–H and O–H groups in total. The fourth-order valence-electron chi connectivity index (χ4n) is 3.52. The molecule has 7 heteroatoms. The molecule has 4 rings (SSSR count). The highest BCUT2D eigenvalue weighted by Crippen LogP contribution is 2.39. The molecular formula is C19H20N6O. The molecule has 0 bridgehead atoms. The molecule has 7 nitrogen and oxygen atoms in total. The van der Waals surface area contributed by atoms with Gasteiger partial charge in [0.1, 0.15) is 5.54 Å². The molecule has 0 saturated carbocycles. The lowest BCUT2D eigenvalue weighted by Gasteiger charge is -2.34. The third kappa shape index (κ3) is 2.96. The molecule has 3 aromatic rings. The number of amides is 1. The molecule has 0 spiro atoms. The van der Waals surface area contributed by atoms with E-state index in [1.807, 2.05) is 54.3 Å². The van der Waals surface area contributed by atoms with Gasteiger partial charge in [0, 0.05) is 25.4 Å². The minimum atomic E-state index is -0.537. The zero-order valence-electron chi connectivity index (χ0n) is 14.6. The van der Waals surface area contributed by atoms with Crippen molar-refractivity contribution in [1.82, 2.24) is 30.1 Å². The van der Waals surface area contributed by atoms with Crippen LogP contribution in [0.2, 0.25) is 0 Å². The summed E-state index contributed by atoms with van der Waals surface area (Å²) < 4.78 is 1.80. The summed E-state index contributed by atoms with van der Waals surface area (Å²) in [5.41, 5.74) is 1.58. The van der Waals surface area contributed by atoms with E-state index in [0.29, 0.717) is 25.9 Å². The molecule has 1 atom stereocenters. The first-order valence-electron chi connectivity index (χ1n) is 8.67. The summed E-state index contributed by atoms with van der Waals surface area (Å²) in [5, 5.41) is 12.3. The lowest BCUT2D eigenvalue weighted by atomic mass is 9.97. The maximum Gasteiger partial charge on any atom is 0.223 e. The summed E-state index contributed by atoms with van der Waals surface area (Å²) in [6, 6.07) is 13.9. The van der Waals surface area contributed by atoms with Gasteiger partial charge in [0.05, 0.1) is 6.54 Å². The number of nitrogens with zero attached hydrogens (tertiary/aromatic N) is 6. The van der Waals surface area contributed by atoms with Gasteiger partial charge in [-0.15, -0.1) is 5.10 Å². The van der Waals surface area contributed by atoms with Gasteiger partial charge in [0.15, 0.2) is 5.82 Å². The van der Waals surface area contributed by atoms with Gasteiger partial charge in [-0.25, -0.2) is 4.68 Å². The van der Waals surface area contributed by atoms with Gasteiger partial charge >= 0.3 is 0 Å². The van der Waals surface area contributed by atoms with Crippen LogP contribution in [0.15, 0.2) is 54.9 Å². The number of tetrazole rings is 1. The summed E-state index contributed by atoms with van der Waals surface area (Å²) >= 11 is 0. The second-order valence-corrected chi connectivity index (χ2v) is 6.76. The van der Waals surface area contributed by atoms with Crippen LogP contribution >= 0.6 is 0 Å². The zero-order chi connectivity index (χ0) is 18.0. The lowest BCUT2D eigenvalue weighted by Crippen LogP contribution is -2.42. The number of likely N-dealkylation sites (tertiary alicyclic amines) is 1. The quantitative estimate of drug-likeness (QED) is 0.706. The van der Waals surface area contributed by atoms with Gasteiger partial charge < -0.3 is 4.90 Å². The molecule has 1 aromatic carbocycles. The summed E-state index contributed by atoms with van der Waals surface area (Å²) in [5.74, 6) is 0.835. The third-order valence-electron chi connectivity index (χ3n) is 4.97. The Bertz CT molecular complexity index is 895. The van der Waals surface area contributed by atoms with E-state index in [0.717, 1.165) is 17.0 Å². The van der Waals surface area contributed by atoms with Gasteiger partial charge in [0.2, 0.25) is 5.91 Å². The first-order chi connectivity index (χ1) is 12.7. The van der Waals surface area contributed by atoms with Crippen molar-refractivity contribution in [3.63, 3.8) is 0 Å². The van der Waals surface area contributed by atoms with E-state index in [2.05, 4.69) is 20.5 Å². The van der Waals surface area contributed by atoms with E-state index in [4.69, 9.17) is 0 Å². The fraction of sp³-hybridized carbons (Fsp3) is 0.316. The number of aromatic nitrogens is 5. The van der Waals surface area contributed by atoms with E-state index < -0.39 is 5.54 Å². The van der Waals surface area contributed by atoms with Crippen LogP contribution in [-0.4, -0.2) is 36.0 Å². The van der Waals surface area contributed by atoms with Crippen molar-refractivity contribution in [1.29, 1.82) is 0 Å². The Morgan fingerprint density at radius 1 is 1.08 bits per heavy atom. The van der Waals surface area contributed by atoms with Crippen molar-refractivity contribution in [2.45, 2.75) is 38.4 Å². The molecule has 1 aliphatic heterocycles. The molecule has 1 amide bonds. The van der Waals surface area contributed by atoms with Crippen molar-refractivity contribution in [2.24, 2.45) is 0 Å². The van der Waals surface area contributed by atoms with E-state index in [9.17, 15) is 4.79 Å². The molecule has 1 fully saturated rings. The smallest absolute Gasteiger partial charge is 0.223 e. The maximum atomic E-state index is 12.6. The van der Waals surface area contributed by atoms with Gasteiger partial charge in [0.25, 0.3) is 0 Å². The van der Waals surface area contributed by atoms with E-state index in [-0.39, 0.29) is 5.91 Å². The Morgan fingerprint density at radius 2 is 1.88 bits per heavy atom. The van der Waals surface area contributed by atoms with Gasteiger partial charge in [-0.2, -0.15) is 0 Å². The molecule has 132 valence electrons. The Kier molecular flexibility index (Phi) is 4.20. The van der Waals surface area contributed by atoms with Crippen LogP contribution in [-0.2, 0) is 23.4 Å². The van der Waals surface area contributed by atoms with E-state index >= 15 is 0 Å². The van der Waals surface area contributed by atoms with Gasteiger partial charge in [-0.3, -0.25) is 9.78 Å². The normalized spacial score (nSPS) is 19.9. The Balaban J connectivity index is 1.65. The highest BCUT2D eigenvalue weighted by atomic mass is 16.2. The molecule has 1 saturated heterocycles. The Labute approximate surface area is 151 Å². The first-order valence-corrected chi connectivity index (χ1v) is 8.67. The third-order valence-corrected chi connectivity index (χ3v) is 4.97. The predicted octanol–water partition coefficient (Wildman–Crippen LogP) is 2.15. The Hall–Kier alpha value is -3.09. The van der Waals surface area contributed by atoms with Crippen LogP contribution in [0.3, 0.4) is 0 Å². The average molecular weight is 348 g/mol. The zero-order valence-corrected chi connectivity index (χ0v) is 14.6. The number of hydrogen-bond acceptors (Lipinski definition) is 5. The van der Waals surface area contributed by atoms with E-state index in [1.165, 1.54) is 0 Å². The number of carbonyl (C=O) groups is 1. The molecule has 1 unspecified atom stereocenters. The minimum absolute atomic E-state index is 0.116. The van der Waals surface area contributed by atoms with Crippen molar-refractivity contribution in [3.8, 4) is 0 Å². The van der Waals surface area contributed by atoms with Crippen LogP contribution in [0.25, 0.3) is 0 Å². The molecule has 0 radical (unpaired) electrons. The molecule has 3 heterocycles. The summed E-state index contributed by atoms with van der Waals surface area (Å²) in [4.78, 5) is 18.6. The van der Waals surface area contributed by atoms with Crippen LogP contribution in [0.5, 0.6) is 0 Å². The lowest BCUT2D eigenvalue weighted by molar-refractivity contribution is -0.132. The standard InChI is InChI=1S/C19H20N6O/c1-19(10-9-17(26)24(19)13-16-8-5-11-20-12-16)18-21-22-23-25(18)14-15-6-3-2-4-7-15/h2-8,11-12H,9-10,13-14H2,1H3. The van der Waals surface area contributed by atoms with Gasteiger partial charge in [-0.05, 0) is 41.0 Å². The molecule has 0 aliphatic carbocycles. The molecule has 2 aromatic heterocycles. The largest absolute Gasteiger partial charge is 0.326 e. The van der Waals surface area contributed by atoms with Crippen molar-refractivity contribution < 1.29 is 4.79 Å². The summed E-state index contributed by atoms with van der Waals surface area (Å²) in [7, 11) is 0. The predicted molar refractivity (Wildman–Crippen MR) is 94.7 cm³/mol. The highest BCUT2D eigenvalue weighted by Gasteiger charge is 2.46. The molecule has 26 heavy (non-hydrogen) atoms. The van der Waals surface area contributed by atoms with Crippen molar-refractivity contribution >= 4 is 5.91 Å². The van der Waals surface area contributed by atoms with Crippen molar-refractivity contribution in [3.05, 3.63) is 71.8 Å². The van der Waals surface area contributed by atoms with Crippen LogP contribution in [0.4, 0.5) is 0 Å². The summed E-state index contributed by atoms with van der Waals surface area (Å²) in [6.45, 7) is 3.12. The first kappa shape index (κ1) is 16.4.